The van der Waals surface area contributed by atoms with Gasteiger partial charge in [0.1, 0.15) is 5.75 Å². The third-order valence-electron chi connectivity index (χ3n) is 2.22. The van der Waals surface area contributed by atoms with Crippen molar-refractivity contribution in [1.29, 1.82) is 5.41 Å². The summed E-state index contributed by atoms with van der Waals surface area (Å²) in [6, 6.07) is 6.56. The topological polar surface area (TPSA) is 88.2 Å². The van der Waals surface area contributed by atoms with E-state index in [9.17, 15) is 4.79 Å². The van der Waals surface area contributed by atoms with Crippen LogP contribution in [-0.2, 0) is 4.79 Å². The number of nitrogens with two attached hydrogens (primary N) is 1. The summed E-state index contributed by atoms with van der Waals surface area (Å²) in [7, 11) is 0. The van der Waals surface area contributed by atoms with Crippen molar-refractivity contribution in [3.05, 3.63) is 60.7 Å². The molecular weight excluding hydrogens is 254 g/mol. The largest absolute Gasteiger partial charge is 0.423 e. The van der Waals surface area contributed by atoms with E-state index in [0.29, 0.717) is 17.0 Å². The number of benzene rings is 1. The average molecular weight is 271 g/mol. The van der Waals surface area contributed by atoms with Crippen LogP contribution in [0.5, 0.6) is 5.75 Å². The first-order valence-electron chi connectivity index (χ1n) is 5.95. The molecule has 1 aromatic carbocycles. The molecule has 104 valence electrons. The van der Waals surface area contributed by atoms with Gasteiger partial charge in [0.15, 0.2) is 5.96 Å². The van der Waals surface area contributed by atoms with Crippen LogP contribution in [0, 0.1) is 5.41 Å². The van der Waals surface area contributed by atoms with Crippen LogP contribution in [0.25, 0.3) is 0 Å². The van der Waals surface area contributed by atoms with Crippen LogP contribution in [0.3, 0.4) is 0 Å². The zero-order chi connectivity index (χ0) is 15.0. The van der Waals surface area contributed by atoms with Gasteiger partial charge in [0.2, 0.25) is 0 Å². The van der Waals surface area contributed by atoms with E-state index in [4.69, 9.17) is 15.9 Å². The lowest BCUT2D eigenvalue weighted by molar-refractivity contribution is -0.129. The summed E-state index contributed by atoms with van der Waals surface area (Å²) in [6.07, 6.45) is 6.50. The van der Waals surface area contributed by atoms with Crippen LogP contribution in [0.1, 0.15) is 6.92 Å². The second kappa shape index (κ2) is 7.58. The van der Waals surface area contributed by atoms with Gasteiger partial charge in [-0.1, -0.05) is 24.8 Å². The van der Waals surface area contributed by atoms with Gasteiger partial charge < -0.3 is 15.8 Å². The van der Waals surface area contributed by atoms with Gasteiger partial charge in [0.25, 0.3) is 0 Å². The molecule has 0 radical (unpaired) electrons. The molecule has 0 aliphatic rings. The number of carbonyl (C=O) groups excluding carboxylic acids is 1. The summed E-state index contributed by atoms with van der Waals surface area (Å²) in [5.41, 5.74) is 6.27. The molecule has 0 unspecified atom stereocenters. The van der Waals surface area contributed by atoms with Gasteiger partial charge in [0.05, 0.1) is 5.57 Å². The number of guanidine groups is 1. The second-order valence-corrected chi connectivity index (χ2v) is 3.81. The molecule has 5 heteroatoms. The number of rotatable bonds is 5. The van der Waals surface area contributed by atoms with Crippen LogP contribution < -0.4 is 15.8 Å². The molecule has 0 saturated heterocycles. The van der Waals surface area contributed by atoms with E-state index in [2.05, 4.69) is 11.9 Å². The number of anilines is 1. The number of hydrogen-bond acceptors (Lipinski definition) is 3. The standard InChI is InChI=1S/C15H17N3O2/c1-3-5-11(6-4-2)14(19)20-13-9-7-12(8-10-13)18-15(16)17/h3-10H,1H2,2H3,(H4,16,17,18)/b6-4-,11-5+. The number of nitrogens with one attached hydrogen (secondary N) is 2. The van der Waals surface area contributed by atoms with E-state index < -0.39 is 5.97 Å². The molecule has 0 heterocycles. The molecule has 1 aromatic rings. The maximum absolute atomic E-state index is 11.9. The van der Waals surface area contributed by atoms with Crippen molar-refractivity contribution in [3.8, 4) is 5.75 Å². The van der Waals surface area contributed by atoms with E-state index in [1.807, 2.05) is 6.92 Å². The first-order valence-corrected chi connectivity index (χ1v) is 5.95. The number of allylic oxidation sites excluding steroid dienone is 3. The molecule has 0 saturated carbocycles. The molecule has 4 N–H and O–H groups in total. The first-order chi connectivity index (χ1) is 9.56. The Bertz CT molecular complexity index is 557. The van der Waals surface area contributed by atoms with Crippen molar-refractivity contribution in [2.75, 3.05) is 5.32 Å². The third kappa shape index (κ3) is 4.81. The fourth-order valence-electron chi connectivity index (χ4n) is 1.43. The molecule has 0 aromatic heterocycles. The molecule has 0 amide bonds. The summed E-state index contributed by atoms with van der Waals surface area (Å²) in [5, 5.41) is 9.74. The van der Waals surface area contributed by atoms with Crippen LogP contribution in [0.2, 0.25) is 0 Å². The lowest BCUT2D eigenvalue weighted by Crippen LogP contribution is -2.20. The van der Waals surface area contributed by atoms with E-state index in [1.54, 1.807) is 42.5 Å². The van der Waals surface area contributed by atoms with E-state index in [0.717, 1.165) is 0 Å². The molecule has 0 aliphatic carbocycles. The van der Waals surface area contributed by atoms with E-state index in [-0.39, 0.29) is 5.96 Å². The summed E-state index contributed by atoms with van der Waals surface area (Å²) in [4.78, 5) is 11.9. The highest BCUT2D eigenvalue weighted by molar-refractivity contribution is 5.93. The van der Waals surface area contributed by atoms with Gasteiger partial charge in [0, 0.05) is 5.69 Å². The SMILES string of the molecule is C=C/C=C(\C=C/C)C(=O)Oc1ccc(NC(=N)N)cc1. The number of ether oxygens (including phenoxy) is 1. The Morgan fingerprint density at radius 2 is 2.05 bits per heavy atom. The summed E-state index contributed by atoms with van der Waals surface area (Å²) >= 11 is 0. The number of carbonyl (C=O) groups is 1. The minimum atomic E-state index is -0.463. The number of hydrogen-bond donors (Lipinski definition) is 3. The maximum atomic E-state index is 11.9. The molecule has 0 atom stereocenters. The van der Waals surface area contributed by atoms with Crippen LogP contribution in [0.4, 0.5) is 5.69 Å². The Hall–Kier alpha value is -2.82. The number of esters is 1. The van der Waals surface area contributed by atoms with Crippen molar-refractivity contribution < 1.29 is 9.53 Å². The summed E-state index contributed by atoms with van der Waals surface area (Å²) in [6.45, 7) is 5.37. The maximum Gasteiger partial charge on any atom is 0.343 e. The van der Waals surface area contributed by atoms with Crippen molar-refractivity contribution in [2.24, 2.45) is 5.73 Å². The first kappa shape index (κ1) is 15.2. The van der Waals surface area contributed by atoms with Gasteiger partial charge in [-0.3, -0.25) is 5.41 Å². The quantitative estimate of drug-likeness (QED) is 0.192. The highest BCUT2D eigenvalue weighted by atomic mass is 16.5. The summed E-state index contributed by atoms with van der Waals surface area (Å²) in [5.74, 6) is -0.210. The fraction of sp³-hybridized carbons (Fsp3) is 0.0667. The smallest absolute Gasteiger partial charge is 0.343 e. The third-order valence-corrected chi connectivity index (χ3v) is 2.22. The van der Waals surface area contributed by atoms with Crippen molar-refractivity contribution in [3.63, 3.8) is 0 Å². The molecule has 5 nitrogen and oxygen atoms in total. The highest BCUT2D eigenvalue weighted by Crippen LogP contribution is 2.17. The minimum absolute atomic E-state index is 0.154. The Labute approximate surface area is 117 Å². The lowest BCUT2D eigenvalue weighted by atomic mass is 10.2. The van der Waals surface area contributed by atoms with Gasteiger partial charge in [-0.2, -0.15) is 0 Å². The molecular formula is C15H17N3O2. The van der Waals surface area contributed by atoms with Crippen LogP contribution >= 0.6 is 0 Å². The van der Waals surface area contributed by atoms with Crippen molar-refractivity contribution in [2.45, 2.75) is 6.92 Å². The van der Waals surface area contributed by atoms with Gasteiger partial charge >= 0.3 is 5.97 Å². The van der Waals surface area contributed by atoms with Crippen LogP contribution in [-0.4, -0.2) is 11.9 Å². The van der Waals surface area contributed by atoms with E-state index in [1.165, 1.54) is 6.08 Å². The predicted molar refractivity (Wildman–Crippen MR) is 80.7 cm³/mol. The molecule has 0 fully saturated rings. The molecule has 0 aliphatic heterocycles. The Morgan fingerprint density at radius 1 is 1.40 bits per heavy atom. The zero-order valence-corrected chi connectivity index (χ0v) is 11.2. The lowest BCUT2D eigenvalue weighted by Gasteiger charge is -2.07. The zero-order valence-electron chi connectivity index (χ0n) is 11.2. The van der Waals surface area contributed by atoms with Gasteiger partial charge in [-0.15, -0.1) is 0 Å². The fourth-order valence-corrected chi connectivity index (χ4v) is 1.43. The Morgan fingerprint density at radius 3 is 2.55 bits per heavy atom. The Balaban J connectivity index is 2.77. The average Bonchev–Trinajstić information content (AvgIpc) is 2.40. The normalized spacial score (nSPS) is 11.2. The molecule has 0 spiro atoms. The van der Waals surface area contributed by atoms with E-state index >= 15 is 0 Å². The van der Waals surface area contributed by atoms with Crippen molar-refractivity contribution >= 4 is 17.6 Å². The molecule has 20 heavy (non-hydrogen) atoms. The predicted octanol–water partition coefficient (Wildman–Crippen LogP) is 2.59. The Kier molecular flexibility index (Phi) is 5.77. The summed E-state index contributed by atoms with van der Waals surface area (Å²) < 4.78 is 5.22. The monoisotopic (exact) mass is 271 g/mol. The van der Waals surface area contributed by atoms with Gasteiger partial charge in [-0.05, 0) is 37.3 Å². The highest BCUT2D eigenvalue weighted by Gasteiger charge is 2.08. The van der Waals surface area contributed by atoms with Crippen molar-refractivity contribution in [1.82, 2.24) is 0 Å². The van der Waals surface area contributed by atoms with Gasteiger partial charge in [-0.25, -0.2) is 4.79 Å². The molecule has 1 rings (SSSR count). The second-order valence-electron chi connectivity index (χ2n) is 3.81. The van der Waals surface area contributed by atoms with Crippen LogP contribution in [0.15, 0.2) is 60.7 Å². The minimum Gasteiger partial charge on any atom is -0.423 e. The molecule has 0 bridgehead atoms.